The number of aromatic nitrogens is 1. The number of halogens is 2. The molecule has 0 atom stereocenters. The molecular formula is C8H8F2N2O2. The van der Waals surface area contributed by atoms with E-state index in [-0.39, 0.29) is 18.4 Å². The molecule has 0 fully saturated rings. The van der Waals surface area contributed by atoms with Crippen molar-refractivity contribution in [3.05, 3.63) is 23.0 Å². The lowest BCUT2D eigenvalue weighted by molar-refractivity contribution is 0.111. The number of carbonyl (C=O) groups excluding carboxylic acids is 1. The van der Waals surface area contributed by atoms with E-state index in [0.717, 1.165) is 6.07 Å². The highest BCUT2D eigenvalue weighted by molar-refractivity contribution is 5.77. The number of aromatic hydroxyl groups is 1. The average molecular weight is 202 g/mol. The predicted octanol–water partition coefficient (Wildman–Crippen LogP) is 0.996. The van der Waals surface area contributed by atoms with Crippen molar-refractivity contribution in [2.24, 2.45) is 5.73 Å². The molecule has 1 heterocycles. The molecular weight excluding hydrogens is 194 g/mol. The second-order valence-electron chi connectivity index (χ2n) is 2.56. The van der Waals surface area contributed by atoms with Crippen LogP contribution >= 0.6 is 0 Å². The predicted molar refractivity (Wildman–Crippen MR) is 44.1 cm³/mol. The van der Waals surface area contributed by atoms with Crippen molar-refractivity contribution in [1.29, 1.82) is 0 Å². The van der Waals surface area contributed by atoms with Crippen LogP contribution in [0.1, 0.15) is 28.2 Å². The van der Waals surface area contributed by atoms with Crippen molar-refractivity contribution < 1.29 is 18.7 Å². The Hall–Kier alpha value is -1.56. The molecule has 0 aliphatic rings. The number of nitrogens with two attached hydrogens (primary N) is 1. The summed E-state index contributed by atoms with van der Waals surface area (Å²) in [5.74, 6) is -0.438. The zero-order valence-corrected chi connectivity index (χ0v) is 7.08. The second kappa shape index (κ2) is 4.10. The van der Waals surface area contributed by atoms with Gasteiger partial charge in [0.25, 0.3) is 6.43 Å². The maximum atomic E-state index is 12.2. The van der Waals surface area contributed by atoms with Crippen molar-refractivity contribution in [2.45, 2.75) is 13.0 Å². The van der Waals surface area contributed by atoms with Gasteiger partial charge in [0.15, 0.2) is 6.29 Å². The summed E-state index contributed by atoms with van der Waals surface area (Å²) in [4.78, 5) is 13.6. The van der Waals surface area contributed by atoms with E-state index in [9.17, 15) is 18.7 Å². The molecule has 0 aromatic carbocycles. The first kappa shape index (κ1) is 10.5. The third kappa shape index (κ3) is 1.85. The Bertz CT molecular complexity index is 355. The number of hydrogen-bond acceptors (Lipinski definition) is 4. The molecule has 4 nitrogen and oxygen atoms in total. The lowest BCUT2D eigenvalue weighted by atomic mass is 10.1. The topological polar surface area (TPSA) is 76.2 Å². The zero-order valence-electron chi connectivity index (χ0n) is 7.08. The van der Waals surface area contributed by atoms with Gasteiger partial charge in [-0.25, -0.2) is 13.8 Å². The maximum absolute atomic E-state index is 12.2. The number of aldehydes is 1. The quantitative estimate of drug-likeness (QED) is 0.717. The van der Waals surface area contributed by atoms with E-state index in [1.165, 1.54) is 0 Å². The summed E-state index contributed by atoms with van der Waals surface area (Å²) in [6, 6.07) is 0.979. The number of alkyl halides is 2. The van der Waals surface area contributed by atoms with E-state index in [4.69, 9.17) is 5.73 Å². The molecule has 1 aromatic heterocycles. The molecule has 6 heteroatoms. The van der Waals surface area contributed by atoms with Crippen LogP contribution in [0.15, 0.2) is 6.07 Å². The minimum Gasteiger partial charge on any atom is -0.505 e. The molecule has 0 aliphatic heterocycles. The Morgan fingerprint density at radius 2 is 2.29 bits per heavy atom. The fraction of sp³-hybridized carbons (Fsp3) is 0.250. The van der Waals surface area contributed by atoms with Gasteiger partial charge in [0.2, 0.25) is 0 Å². The zero-order chi connectivity index (χ0) is 10.7. The van der Waals surface area contributed by atoms with Gasteiger partial charge in [-0.15, -0.1) is 0 Å². The molecule has 0 amide bonds. The molecule has 0 radical (unpaired) electrons. The normalized spacial score (nSPS) is 10.6. The van der Waals surface area contributed by atoms with Crippen LogP contribution in [-0.2, 0) is 6.54 Å². The SMILES string of the molecule is NCc1cc(C(F)F)nc(C=O)c1O. The molecule has 0 saturated heterocycles. The third-order valence-corrected chi connectivity index (χ3v) is 1.67. The minimum absolute atomic E-state index is 0.0809. The fourth-order valence-electron chi connectivity index (χ4n) is 0.985. The molecule has 0 spiro atoms. The Morgan fingerprint density at radius 1 is 1.64 bits per heavy atom. The highest BCUT2D eigenvalue weighted by atomic mass is 19.3. The summed E-state index contributed by atoms with van der Waals surface area (Å²) < 4.78 is 24.5. The van der Waals surface area contributed by atoms with Crippen LogP contribution in [0.5, 0.6) is 5.75 Å². The number of pyridine rings is 1. The van der Waals surface area contributed by atoms with E-state index in [2.05, 4.69) is 4.98 Å². The maximum Gasteiger partial charge on any atom is 0.280 e. The summed E-state index contributed by atoms with van der Waals surface area (Å²) in [7, 11) is 0. The van der Waals surface area contributed by atoms with Crippen molar-refractivity contribution in [1.82, 2.24) is 4.98 Å². The molecule has 1 aromatic rings. The first-order valence-corrected chi connectivity index (χ1v) is 3.76. The van der Waals surface area contributed by atoms with Crippen molar-refractivity contribution in [3.8, 4) is 5.75 Å². The van der Waals surface area contributed by atoms with Crippen LogP contribution in [0.3, 0.4) is 0 Å². The summed E-state index contributed by atoms with van der Waals surface area (Å²) >= 11 is 0. The van der Waals surface area contributed by atoms with Gasteiger partial charge in [-0.3, -0.25) is 4.79 Å². The van der Waals surface area contributed by atoms with Gasteiger partial charge in [-0.05, 0) is 6.07 Å². The van der Waals surface area contributed by atoms with Crippen LogP contribution in [-0.4, -0.2) is 16.4 Å². The number of hydrogen-bond donors (Lipinski definition) is 2. The van der Waals surface area contributed by atoms with Gasteiger partial charge >= 0.3 is 0 Å². The van der Waals surface area contributed by atoms with Gasteiger partial charge in [-0.1, -0.05) is 0 Å². The largest absolute Gasteiger partial charge is 0.505 e. The fourth-order valence-corrected chi connectivity index (χ4v) is 0.985. The summed E-state index contributed by atoms with van der Waals surface area (Å²) in [6.07, 6.45) is -2.58. The van der Waals surface area contributed by atoms with E-state index < -0.39 is 23.6 Å². The lowest BCUT2D eigenvalue weighted by Gasteiger charge is -2.06. The minimum atomic E-state index is -2.79. The lowest BCUT2D eigenvalue weighted by Crippen LogP contribution is -2.04. The molecule has 0 bridgehead atoms. The van der Waals surface area contributed by atoms with Crippen molar-refractivity contribution >= 4 is 6.29 Å². The van der Waals surface area contributed by atoms with E-state index in [1.807, 2.05) is 0 Å². The summed E-state index contributed by atoms with van der Waals surface area (Å²) in [5.41, 5.74) is 4.30. The number of rotatable bonds is 3. The average Bonchev–Trinajstić information content (AvgIpc) is 2.17. The second-order valence-corrected chi connectivity index (χ2v) is 2.56. The number of carbonyl (C=O) groups is 1. The Kier molecular flexibility index (Phi) is 3.08. The Labute approximate surface area is 78.4 Å². The van der Waals surface area contributed by atoms with Crippen LogP contribution in [0, 0.1) is 0 Å². The van der Waals surface area contributed by atoms with Crippen LogP contribution in [0.25, 0.3) is 0 Å². The van der Waals surface area contributed by atoms with Gasteiger partial charge < -0.3 is 10.8 Å². The van der Waals surface area contributed by atoms with Crippen molar-refractivity contribution in [3.63, 3.8) is 0 Å². The van der Waals surface area contributed by atoms with Crippen LogP contribution < -0.4 is 5.73 Å². The first-order valence-electron chi connectivity index (χ1n) is 3.76. The molecule has 0 saturated carbocycles. The van der Waals surface area contributed by atoms with Crippen LogP contribution in [0.2, 0.25) is 0 Å². The van der Waals surface area contributed by atoms with Crippen LogP contribution in [0.4, 0.5) is 8.78 Å². The molecule has 3 N–H and O–H groups in total. The molecule has 76 valence electrons. The van der Waals surface area contributed by atoms with Crippen molar-refractivity contribution in [2.75, 3.05) is 0 Å². The summed E-state index contributed by atoms with van der Waals surface area (Å²) in [5, 5.41) is 9.28. The molecule has 0 unspecified atom stereocenters. The van der Waals surface area contributed by atoms with E-state index in [0.29, 0.717) is 0 Å². The molecule has 1 rings (SSSR count). The highest BCUT2D eigenvalue weighted by Crippen LogP contribution is 2.25. The Balaban J connectivity index is 3.31. The first-order chi connectivity index (χ1) is 6.60. The van der Waals surface area contributed by atoms with Gasteiger partial charge in [-0.2, -0.15) is 0 Å². The Morgan fingerprint density at radius 3 is 2.71 bits per heavy atom. The monoisotopic (exact) mass is 202 g/mol. The van der Waals surface area contributed by atoms with E-state index >= 15 is 0 Å². The van der Waals surface area contributed by atoms with E-state index in [1.54, 1.807) is 0 Å². The van der Waals surface area contributed by atoms with Gasteiger partial charge in [0, 0.05) is 12.1 Å². The third-order valence-electron chi connectivity index (χ3n) is 1.67. The van der Waals surface area contributed by atoms with Gasteiger partial charge in [0.05, 0.1) is 0 Å². The standard InChI is InChI=1S/C8H8F2N2O2/c9-8(10)5-1-4(2-11)7(14)6(3-13)12-5/h1,3,8,14H,2,11H2. The summed E-state index contributed by atoms with van der Waals surface area (Å²) in [6.45, 7) is -0.130. The number of nitrogens with zero attached hydrogens (tertiary/aromatic N) is 1. The smallest absolute Gasteiger partial charge is 0.280 e. The van der Waals surface area contributed by atoms with Gasteiger partial charge in [0.1, 0.15) is 17.1 Å². The molecule has 0 aliphatic carbocycles. The highest BCUT2D eigenvalue weighted by Gasteiger charge is 2.15. The molecule has 14 heavy (non-hydrogen) atoms.